The van der Waals surface area contributed by atoms with Crippen LogP contribution in [0.3, 0.4) is 0 Å². The van der Waals surface area contributed by atoms with E-state index in [0.717, 1.165) is 0 Å². The molecule has 2 atom stereocenters. The van der Waals surface area contributed by atoms with Crippen LogP contribution < -0.4 is 5.50 Å². The molecule has 0 aliphatic carbocycles. The van der Waals surface area contributed by atoms with Crippen LogP contribution in [0.5, 0.6) is 0 Å². The summed E-state index contributed by atoms with van der Waals surface area (Å²) in [6.45, 7) is 1.64. The standard InChI is InChI=1S/C4H8NO3P.ClH/c1-2-3(4(6)7)9(5)8;/h3H,2H2,1H3,(H2-,5,6,7,8);1H/p+1. The summed E-state index contributed by atoms with van der Waals surface area (Å²) >= 11 is 0. The van der Waals surface area contributed by atoms with Gasteiger partial charge in [0.1, 0.15) is 0 Å². The highest BCUT2D eigenvalue weighted by atomic mass is 35.5. The largest absolute Gasteiger partial charge is 0.478 e. The maximum absolute atomic E-state index is 10.4. The highest BCUT2D eigenvalue weighted by Gasteiger charge is 2.32. The van der Waals surface area contributed by atoms with E-state index in [0.29, 0.717) is 6.42 Å². The van der Waals surface area contributed by atoms with Crippen molar-refractivity contribution in [3.8, 4) is 0 Å². The number of hydrogen-bond donors (Lipinski definition) is 2. The van der Waals surface area contributed by atoms with Crippen LogP contribution in [0.25, 0.3) is 0 Å². The van der Waals surface area contributed by atoms with Gasteiger partial charge < -0.3 is 5.11 Å². The van der Waals surface area contributed by atoms with Crippen molar-refractivity contribution in [3.05, 3.63) is 0 Å². The van der Waals surface area contributed by atoms with Gasteiger partial charge in [0.05, 0.1) is 0 Å². The molecule has 0 aromatic heterocycles. The van der Waals surface area contributed by atoms with E-state index < -0.39 is 19.6 Å². The average Bonchev–Trinajstić information content (AvgIpc) is 1.64. The maximum atomic E-state index is 10.4. The second kappa shape index (κ2) is 5.59. The molecular formula is C4H10ClNO3P+. The van der Waals surface area contributed by atoms with Crippen molar-refractivity contribution in [2.75, 3.05) is 0 Å². The van der Waals surface area contributed by atoms with Gasteiger partial charge in [0.15, 0.2) is 0 Å². The van der Waals surface area contributed by atoms with Crippen molar-refractivity contribution >= 4 is 26.3 Å². The Balaban J connectivity index is 0. The van der Waals surface area contributed by atoms with Gasteiger partial charge in [-0.3, -0.25) is 0 Å². The number of hydrogen-bond acceptors (Lipinski definition) is 2. The normalized spacial score (nSPS) is 13.2. The third-order valence-electron chi connectivity index (χ3n) is 0.979. The summed E-state index contributed by atoms with van der Waals surface area (Å²) in [4.78, 5) is 10.1. The molecule has 0 bridgehead atoms. The molecule has 0 aliphatic heterocycles. The summed E-state index contributed by atoms with van der Waals surface area (Å²) in [6, 6.07) is 0. The minimum atomic E-state index is -2.05. The van der Waals surface area contributed by atoms with Gasteiger partial charge in [-0.15, -0.1) is 17.9 Å². The summed E-state index contributed by atoms with van der Waals surface area (Å²) in [5, 5.41) is 8.28. The third kappa shape index (κ3) is 3.77. The minimum Gasteiger partial charge on any atom is -0.478 e. The van der Waals surface area contributed by atoms with E-state index in [9.17, 15) is 9.36 Å². The van der Waals surface area contributed by atoms with Gasteiger partial charge in [0.25, 0.3) is 5.66 Å². The zero-order valence-electron chi connectivity index (χ0n) is 5.48. The lowest BCUT2D eigenvalue weighted by Crippen LogP contribution is -2.16. The zero-order chi connectivity index (χ0) is 7.44. The van der Waals surface area contributed by atoms with Crippen LogP contribution in [0.1, 0.15) is 13.3 Å². The molecule has 0 amide bonds. The monoisotopic (exact) mass is 186 g/mol. The Kier molecular flexibility index (Phi) is 6.99. The molecule has 0 aromatic carbocycles. The SMILES string of the molecule is CCC(C(=O)O)[P+](N)=O.Cl. The molecule has 0 saturated heterocycles. The van der Waals surface area contributed by atoms with Gasteiger partial charge in [0.2, 0.25) is 0 Å². The van der Waals surface area contributed by atoms with Gasteiger partial charge in [-0.05, 0) is 4.57 Å². The Bertz CT molecular complexity index is 126. The van der Waals surface area contributed by atoms with Crippen molar-refractivity contribution in [3.63, 3.8) is 0 Å². The van der Waals surface area contributed by atoms with Crippen molar-refractivity contribution < 1.29 is 14.5 Å². The van der Waals surface area contributed by atoms with Crippen LogP contribution in [-0.4, -0.2) is 16.7 Å². The molecule has 4 nitrogen and oxygen atoms in total. The first kappa shape index (κ1) is 12.5. The summed E-state index contributed by atoms with van der Waals surface area (Å²) < 4.78 is 10.4. The van der Waals surface area contributed by atoms with Crippen molar-refractivity contribution in [1.82, 2.24) is 0 Å². The van der Waals surface area contributed by atoms with Crippen LogP contribution >= 0.6 is 20.4 Å². The van der Waals surface area contributed by atoms with E-state index in [1.807, 2.05) is 0 Å². The van der Waals surface area contributed by atoms with E-state index in [-0.39, 0.29) is 12.4 Å². The molecule has 6 heteroatoms. The molecule has 3 N–H and O–H groups in total. The number of carboxylic acid groups (broad SMARTS) is 1. The Morgan fingerprint density at radius 3 is 2.20 bits per heavy atom. The third-order valence-corrected chi connectivity index (χ3v) is 2.18. The van der Waals surface area contributed by atoms with Crippen LogP contribution in [0.2, 0.25) is 0 Å². The fourth-order valence-electron chi connectivity index (χ4n) is 0.463. The van der Waals surface area contributed by atoms with Crippen LogP contribution in [0, 0.1) is 0 Å². The lowest BCUT2D eigenvalue weighted by Gasteiger charge is -1.91. The lowest BCUT2D eigenvalue weighted by molar-refractivity contribution is -0.136. The fraction of sp³-hybridized carbons (Fsp3) is 0.750. The van der Waals surface area contributed by atoms with Gasteiger partial charge >= 0.3 is 13.9 Å². The molecule has 2 unspecified atom stereocenters. The van der Waals surface area contributed by atoms with Gasteiger partial charge in [-0.2, -0.15) is 0 Å². The van der Waals surface area contributed by atoms with Crippen molar-refractivity contribution in [2.24, 2.45) is 5.50 Å². The number of carbonyl (C=O) groups is 1. The molecular weight excluding hydrogens is 176 g/mol. The van der Waals surface area contributed by atoms with E-state index in [4.69, 9.17) is 10.6 Å². The quantitative estimate of drug-likeness (QED) is 0.644. The summed E-state index contributed by atoms with van der Waals surface area (Å²) in [7, 11) is -2.05. The second-order valence-electron chi connectivity index (χ2n) is 1.62. The lowest BCUT2D eigenvalue weighted by atomic mass is 10.3. The molecule has 0 radical (unpaired) electrons. The number of carboxylic acids is 1. The Morgan fingerprint density at radius 2 is 2.20 bits per heavy atom. The Morgan fingerprint density at radius 1 is 1.80 bits per heavy atom. The van der Waals surface area contributed by atoms with E-state index >= 15 is 0 Å². The number of nitrogens with two attached hydrogens (primary N) is 1. The molecule has 60 valence electrons. The Labute approximate surface area is 66.0 Å². The molecule has 0 rings (SSSR count). The van der Waals surface area contributed by atoms with Crippen molar-refractivity contribution in [1.29, 1.82) is 0 Å². The summed E-state index contributed by atoms with van der Waals surface area (Å²) in [6.07, 6.45) is 0.320. The average molecular weight is 187 g/mol. The topological polar surface area (TPSA) is 80.4 Å². The van der Waals surface area contributed by atoms with Crippen LogP contribution in [0.15, 0.2) is 0 Å². The Hall–Kier alpha value is -0.180. The van der Waals surface area contributed by atoms with E-state index in [1.54, 1.807) is 6.92 Å². The molecule has 0 saturated carbocycles. The zero-order valence-corrected chi connectivity index (χ0v) is 7.19. The smallest absolute Gasteiger partial charge is 0.444 e. The predicted molar refractivity (Wildman–Crippen MR) is 40.8 cm³/mol. The van der Waals surface area contributed by atoms with Crippen LogP contribution in [0.4, 0.5) is 0 Å². The number of halogens is 1. The number of aliphatic carboxylic acids is 1. The summed E-state index contributed by atoms with van der Waals surface area (Å²) in [5.74, 6) is -1.08. The first-order valence-electron chi connectivity index (χ1n) is 2.53. The van der Waals surface area contributed by atoms with E-state index in [1.165, 1.54) is 0 Å². The summed E-state index contributed by atoms with van der Waals surface area (Å²) in [5.41, 5.74) is 4.00. The first-order chi connectivity index (χ1) is 4.09. The molecule has 0 aliphatic rings. The molecule has 0 heterocycles. The van der Waals surface area contributed by atoms with E-state index in [2.05, 4.69) is 0 Å². The minimum absolute atomic E-state index is 0. The maximum Gasteiger partial charge on any atom is 0.444 e. The first-order valence-corrected chi connectivity index (χ1v) is 3.93. The molecule has 0 spiro atoms. The van der Waals surface area contributed by atoms with Gasteiger partial charge in [-0.25, -0.2) is 4.79 Å². The molecule has 0 fully saturated rings. The van der Waals surface area contributed by atoms with Crippen LogP contribution in [-0.2, 0) is 9.36 Å². The molecule has 10 heavy (non-hydrogen) atoms. The fourth-order valence-corrected chi connectivity index (χ4v) is 1.04. The highest BCUT2D eigenvalue weighted by Crippen LogP contribution is 2.20. The van der Waals surface area contributed by atoms with Gasteiger partial charge in [-0.1, -0.05) is 6.92 Å². The van der Waals surface area contributed by atoms with Crippen molar-refractivity contribution in [2.45, 2.75) is 19.0 Å². The number of rotatable bonds is 3. The highest BCUT2D eigenvalue weighted by molar-refractivity contribution is 7.44. The second-order valence-corrected chi connectivity index (χ2v) is 2.97. The molecule has 0 aromatic rings. The van der Waals surface area contributed by atoms with Gasteiger partial charge in [0, 0.05) is 6.42 Å². The predicted octanol–water partition coefficient (Wildman–Crippen LogP) is 0.972.